The first-order valence-electron chi connectivity index (χ1n) is 12.0. The molecular weight excluding hydrogens is 348 g/mol. The van der Waals surface area contributed by atoms with Crippen LogP contribution in [-0.4, -0.2) is 25.3 Å². The average Bonchev–Trinajstić information content (AvgIpc) is 3.18. The summed E-state index contributed by atoms with van der Waals surface area (Å²) in [5, 5.41) is 0.755. The van der Waals surface area contributed by atoms with E-state index in [-0.39, 0.29) is 12.2 Å². The van der Waals surface area contributed by atoms with Gasteiger partial charge < -0.3 is 4.57 Å². The zero-order valence-corrected chi connectivity index (χ0v) is 15.3. The summed E-state index contributed by atoms with van der Waals surface area (Å²) in [6, 6.07) is 0.927. The highest BCUT2D eigenvalue weighted by atomic mass is 16.1. The maximum Gasteiger partial charge on any atom is 0.163 e. The molecule has 0 aliphatic carbocycles. The molecule has 138 valence electrons. The van der Waals surface area contributed by atoms with Crippen molar-refractivity contribution in [3.05, 3.63) is 84.1 Å². The standard InChI is InChI=1S/C23H20N4O/c1-16-24-15-22(27(16)2)18-9-10-19-14-25-23(26-21(19)12-18)13-20(28)11-8-17-6-4-3-5-7-17/h3-12,14-15H,13H2,1-2H3/b11-8+/i3D,4D,5D,6D,7D,8D,11D. The molecule has 4 rings (SSSR count). The van der Waals surface area contributed by atoms with Gasteiger partial charge in [0.15, 0.2) is 5.78 Å². The molecule has 2 aromatic heterocycles. The van der Waals surface area contributed by atoms with Crippen LogP contribution in [0.15, 0.2) is 66.9 Å². The van der Waals surface area contributed by atoms with Gasteiger partial charge in [0.1, 0.15) is 11.6 Å². The summed E-state index contributed by atoms with van der Waals surface area (Å²) in [4.78, 5) is 25.7. The molecule has 2 aromatic carbocycles. The van der Waals surface area contributed by atoms with Crippen LogP contribution in [0.25, 0.3) is 28.2 Å². The lowest BCUT2D eigenvalue weighted by Gasteiger charge is -2.06. The smallest absolute Gasteiger partial charge is 0.163 e. The molecule has 5 nitrogen and oxygen atoms in total. The molecule has 28 heavy (non-hydrogen) atoms. The Bertz CT molecular complexity index is 1520. The van der Waals surface area contributed by atoms with Crippen LogP contribution in [-0.2, 0) is 18.3 Å². The van der Waals surface area contributed by atoms with Crippen molar-refractivity contribution in [3.63, 3.8) is 0 Å². The summed E-state index contributed by atoms with van der Waals surface area (Å²) < 4.78 is 57.3. The van der Waals surface area contributed by atoms with E-state index in [1.54, 1.807) is 12.4 Å². The first-order valence-corrected chi connectivity index (χ1v) is 8.53. The maximum absolute atomic E-state index is 12.7. The molecule has 0 spiro atoms. The first kappa shape index (κ1) is 11.3. The highest BCUT2D eigenvalue weighted by molar-refractivity contribution is 5.95. The first-order chi connectivity index (χ1) is 16.5. The summed E-state index contributed by atoms with van der Waals surface area (Å²) in [6.45, 7) is 1.90. The largest absolute Gasteiger partial charge is 0.331 e. The minimum Gasteiger partial charge on any atom is -0.331 e. The number of imidazole rings is 1. The Kier molecular flexibility index (Phi) is 3.05. The third-order valence-corrected chi connectivity index (χ3v) is 4.29. The Hall–Kier alpha value is -3.60. The van der Waals surface area contributed by atoms with E-state index >= 15 is 0 Å². The van der Waals surface area contributed by atoms with Gasteiger partial charge in [-0.05, 0) is 24.6 Å². The molecule has 0 amide bonds. The zero-order chi connectivity index (χ0) is 25.6. The predicted octanol–water partition coefficient (Wildman–Crippen LogP) is 4.16. The third-order valence-electron chi connectivity index (χ3n) is 4.29. The lowest BCUT2D eigenvalue weighted by molar-refractivity contribution is -0.114. The van der Waals surface area contributed by atoms with Crippen LogP contribution in [0.1, 0.15) is 26.8 Å². The van der Waals surface area contributed by atoms with E-state index in [0.717, 1.165) is 22.5 Å². The lowest BCUT2D eigenvalue weighted by Crippen LogP contribution is -2.03. The molecule has 0 aliphatic rings. The Morgan fingerprint density at radius 1 is 1.21 bits per heavy atom. The minimum absolute atomic E-state index is 0.138. The Balaban J connectivity index is 1.68. The number of allylic oxidation sites excluding steroid dienone is 1. The van der Waals surface area contributed by atoms with Crippen LogP contribution < -0.4 is 0 Å². The number of fused-ring (bicyclic) bond motifs is 1. The number of carbonyl (C=O) groups excluding carboxylic acids is 1. The highest BCUT2D eigenvalue weighted by Gasteiger charge is 2.09. The fraction of sp³-hybridized carbons (Fsp3) is 0.130. The highest BCUT2D eigenvalue weighted by Crippen LogP contribution is 2.23. The number of hydrogen-bond acceptors (Lipinski definition) is 4. The van der Waals surface area contributed by atoms with E-state index in [1.807, 2.05) is 36.7 Å². The van der Waals surface area contributed by atoms with Crippen LogP contribution in [0.2, 0.25) is 0 Å². The summed E-state index contributed by atoms with van der Waals surface area (Å²) in [7, 11) is 1.90. The Labute approximate surface area is 173 Å². The zero-order valence-electron chi connectivity index (χ0n) is 22.3. The second kappa shape index (κ2) is 7.56. The van der Waals surface area contributed by atoms with Crippen molar-refractivity contribution < 1.29 is 14.4 Å². The van der Waals surface area contributed by atoms with Gasteiger partial charge in [-0.1, -0.05) is 48.4 Å². The molecule has 0 radical (unpaired) electrons. The van der Waals surface area contributed by atoms with Crippen molar-refractivity contribution in [3.8, 4) is 11.3 Å². The monoisotopic (exact) mass is 375 g/mol. The lowest BCUT2D eigenvalue weighted by atomic mass is 10.1. The van der Waals surface area contributed by atoms with E-state index in [2.05, 4.69) is 15.0 Å². The number of ketones is 1. The molecule has 0 fully saturated rings. The Morgan fingerprint density at radius 3 is 2.79 bits per heavy atom. The summed E-state index contributed by atoms with van der Waals surface area (Å²) in [5.74, 6) is 0.188. The predicted molar refractivity (Wildman–Crippen MR) is 111 cm³/mol. The number of hydrogen-bond donors (Lipinski definition) is 0. The van der Waals surface area contributed by atoms with Crippen molar-refractivity contribution in [2.45, 2.75) is 13.3 Å². The van der Waals surface area contributed by atoms with Crippen molar-refractivity contribution >= 4 is 22.7 Å². The quantitative estimate of drug-likeness (QED) is 0.491. The molecule has 4 aromatic rings. The number of rotatable bonds is 5. The molecular formula is C23H20N4O. The molecule has 0 aliphatic heterocycles. The second-order valence-corrected chi connectivity index (χ2v) is 6.16. The molecule has 0 saturated heterocycles. The summed E-state index contributed by atoms with van der Waals surface area (Å²) in [5.41, 5.74) is 1.87. The van der Waals surface area contributed by atoms with Gasteiger partial charge in [-0.25, -0.2) is 15.0 Å². The number of carbonyl (C=O) groups is 1. The fourth-order valence-corrected chi connectivity index (χ4v) is 2.71. The van der Waals surface area contributed by atoms with Crippen molar-refractivity contribution in [2.24, 2.45) is 7.05 Å². The van der Waals surface area contributed by atoms with E-state index < -0.39 is 53.7 Å². The normalized spacial score (nSPS) is 15.6. The van der Waals surface area contributed by atoms with Crippen LogP contribution in [0.4, 0.5) is 0 Å². The molecule has 0 N–H and O–H groups in total. The van der Waals surface area contributed by atoms with E-state index in [1.165, 1.54) is 0 Å². The molecule has 0 atom stereocenters. The van der Waals surface area contributed by atoms with Gasteiger partial charge in [-0.15, -0.1) is 0 Å². The van der Waals surface area contributed by atoms with Crippen molar-refractivity contribution in [2.75, 3.05) is 0 Å². The number of benzene rings is 2. The summed E-state index contributed by atoms with van der Waals surface area (Å²) >= 11 is 0. The topological polar surface area (TPSA) is 60.7 Å². The summed E-state index contributed by atoms with van der Waals surface area (Å²) in [6.07, 6.45) is 2.94. The third kappa shape index (κ3) is 3.74. The van der Waals surface area contributed by atoms with Crippen molar-refractivity contribution in [1.82, 2.24) is 19.5 Å². The maximum atomic E-state index is 12.7. The van der Waals surface area contributed by atoms with Gasteiger partial charge in [0.05, 0.1) is 33.4 Å². The second-order valence-electron chi connectivity index (χ2n) is 6.16. The van der Waals surface area contributed by atoms with Crippen LogP contribution >= 0.6 is 0 Å². The average molecular weight is 375 g/mol. The van der Waals surface area contributed by atoms with E-state index in [0.29, 0.717) is 5.52 Å². The van der Waals surface area contributed by atoms with E-state index in [9.17, 15) is 4.79 Å². The fourth-order valence-electron chi connectivity index (χ4n) is 2.71. The van der Waals surface area contributed by atoms with Gasteiger partial charge >= 0.3 is 0 Å². The van der Waals surface area contributed by atoms with Crippen LogP contribution in [0.5, 0.6) is 0 Å². The molecule has 2 heterocycles. The van der Waals surface area contributed by atoms with Crippen molar-refractivity contribution in [1.29, 1.82) is 0 Å². The van der Waals surface area contributed by atoms with Crippen LogP contribution in [0, 0.1) is 6.92 Å². The molecule has 0 saturated carbocycles. The SMILES string of the molecule is [2H]/C(C(=O)Cc1ncc2ccc(-c3cnc(C)n3C)cc2n1)=C(/[2H])c1c([2H])c([2H])c([2H])c([2H])c1[2H]. The Morgan fingerprint density at radius 2 is 2.04 bits per heavy atom. The van der Waals surface area contributed by atoms with E-state index in [4.69, 9.17) is 9.60 Å². The van der Waals surface area contributed by atoms with Crippen LogP contribution in [0.3, 0.4) is 0 Å². The van der Waals surface area contributed by atoms with Gasteiger partial charge in [-0.3, -0.25) is 4.79 Å². The molecule has 5 heteroatoms. The van der Waals surface area contributed by atoms with Gasteiger partial charge in [0, 0.05) is 24.2 Å². The van der Waals surface area contributed by atoms with Gasteiger partial charge in [-0.2, -0.15) is 0 Å². The molecule has 0 bridgehead atoms. The number of nitrogens with zero attached hydrogens (tertiary/aromatic N) is 4. The number of aryl methyl sites for hydroxylation is 1. The minimum atomic E-state index is -0.806. The van der Waals surface area contributed by atoms with Gasteiger partial charge in [0.2, 0.25) is 0 Å². The van der Waals surface area contributed by atoms with Gasteiger partial charge in [0.25, 0.3) is 0 Å². The molecule has 0 unspecified atom stereocenters. The number of aromatic nitrogens is 4.